The van der Waals surface area contributed by atoms with Crippen LogP contribution in [0.4, 0.5) is 0 Å². The molecule has 2 aliphatic rings. The highest BCUT2D eigenvalue weighted by Gasteiger charge is 2.45. The zero-order valence-corrected chi connectivity index (χ0v) is 14.8. The maximum absolute atomic E-state index is 5.62. The lowest BCUT2D eigenvalue weighted by atomic mass is 9.93. The number of nitrogens with zero attached hydrogens (tertiary/aromatic N) is 1. The normalized spacial score (nSPS) is 20.6. The summed E-state index contributed by atoms with van der Waals surface area (Å²) in [5.74, 6) is 0. The summed E-state index contributed by atoms with van der Waals surface area (Å²) in [4.78, 5) is 2.38. The predicted octanol–water partition coefficient (Wildman–Crippen LogP) is 5.09. The summed E-state index contributed by atoms with van der Waals surface area (Å²) < 4.78 is 11.2. The third-order valence-electron chi connectivity index (χ3n) is 5.40. The second-order valence-electron chi connectivity index (χ2n) is 7.36. The first-order chi connectivity index (χ1) is 10.9. The fourth-order valence-corrected chi connectivity index (χ4v) is 3.82. The first-order valence-electron chi connectivity index (χ1n) is 9.78. The SMILES string of the molecule is CCCCCCCCCCCCCCC12COCN1COC2. The number of unbranched alkanes of at least 4 members (excludes halogenated alkanes) is 11. The highest BCUT2D eigenvalue weighted by Crippen LogP contribution is 2.33. The molecule has 0 bridgehead atoms. The Kier molecular flexibility index (Phi) is 8.79. The second kappa shape index (κ2) is 10.6. The quantitative estimate of drug-likeness (QED) is 0.442. The molecule has 22 heavy (non-hydrogen) atoms. The van der Waals surface area contributed by atoms with Crippen molar-refractivity contribution in [1.29, 1.82) is 0 Å². The van der Waals surface area contributed by atoms with Crippen molar-refractivity contribution in [2.24, 2.45) is 0 Å². The summed E-state index contributed by atoms with van der Waals surface area (Å²) in [6, 6.07) is 0. The van der Waals surface area contributed by atoms with Crippen molar-refractivity contribution < 1.29 is 9.47 Å². The van der Waals surface area contributed by atoms with Gasteiger partial charge in [0, 0.05) is 0 Å². The lowest BCUT2D eigenvalue weighted by molar-refractivity contribution is 0.0695. The standard InChI is InChI=1S/C19H37NO2/c1-2-3-4-5-6-7-8-9-10-11-12-13-14-19-15-21-17-20(19)18-22-16-19/h2-18H2,1H3. The summed E-state index contributed by atoms with van der Waals surface area (Å²) in [5.41, 5.74) is 0.235. The maximum Gasteiger partial charge on any atom is 0.101 e. The summed E-state index contributed by atoms with van der Waals surface area (Å²) in [5, 5.41) is 0. The van der Waals surface area contributed by atoms with Crippen LogP contribution in [-0.4, -0.2) is 37.1 Å². The van der Waals surface area contributed by atoms with Gasteiger partial charge in [0.25, 0.3) is 0 Å². The van der Waals surface area contributed by atoms with Gasteiger partial charge in [-0.1, -0.05) is 84.0 Å². The molecule has 2 aliphatic heterocycles. The molecular weight excluding hydrogens is 274 g/mol. The Labute approximate surface area is 137 Å². The van der Waals surface area contributed by atoms with Crippen molar-refractivity contribution in [3.8, 4) is 0 Å². The lowest BCUT2D eigenvalue weighted by Crippen LogP contribution is -2.42. The van der Waals surface area contributed by atoms with Gasteiger partial charge < -0.3 is 9.47 Å². The summed E-state index contributed by atoms with van der Waals surface area (Å²) >= 11 is 0. The Morgan fingerprint density at radius 2 is 1.14 bits per heavy atom. The monoisotopic (exact) mass is 311 g/mol. The van der Waals surface area contributed by atoms with Gasteiger partial charge in [0.2, 0.25) is 0 Å². The first-order valence-corrected chi connectivity index (χ1v) is 9.78. The number of fused-ring (bicyclic) bond motifs is 1. The predicted molar refractivity (Wildman–Crippen MR) is 91.9 cm³/mol. The van der Waals surface area contributed by atoms with Gasteiger partial charge in [0.05, 0.1) is 18.8 Å². The largest absolute Gasteiger partial charge is 0.364 e. The van der Waals surface area contributed by atoms with Crippen molar-refractivity contribution >= 4 is 0 Å². The van der Waals surface area contributed by atoms with Gasteiger partial charge in [-0.05, 0) is 6.42 Å². The first kappa shape index (κ1) is 18.2. The molecule has 0 amide bonds. The molecule has 2 heterocycles. The molecule has 0 aromatic rings. The van der Waals surface area contributed by atoms with Gasteiger partial charge in [-0.25, -0.2) is 4.90 Å². The number of ether oxygens (including phenoxy) is 2. The number of hydrogen-bond donors (Lipinski definition) is 0. The van der Waals surface area contributed by atoms with E-state index in [1.165, 1.54) is 83.5 Å². The van der Waals surface area contributed by atoms with E-state index in [0.717, 1.165) is 26.7 Å². The Morgan fingerprint density at radius 1 is 0.682 bits per heavy atom. The van der Waals surface area contributed by atoms with E-state index in [-0.39, 0.29) is 5.54 Å². The Morgan fingerprint density at radius 3 is 1.64 bits per heavy atom. The fraction of sp³-hybridized carbons (Fsp3) is 1.00. The maximum atomic E-state index is 5.62. The minimum absolute atomic E-state index is 0.235. The topological polar surface area (TPSA) is 21.7 Å². The molecule has 0 unspecified atom stereocenters. The van der Waals surface area contributed by atoms with E-state index in [0.29, 0.717) is 0 Å². The van der Waals surface area contributed by atoms with Crippen LogP contribution in [0.3, 0.4) is 0 Å². The zero-order chi connectivity index (χ0) is 15.5. The molecular formula is C19H37NO2. The summed E-state index contributed by atoms with van der Waals surface area (Å²) in [6.45, 7) is 5.60. The van der Waals surface area contributed by atoms with E-state index in [2.05, 4.69) is 11.8 Å². The van der Waals surface area contributed by atoms with Crippen LogP contribution in [0, 0.1) is 0 Å². The molecule has 0 aliphatic carbocycles. The fourth-order valence-electron chi connectivity index (χ4n) is 3.82. The van der Waals surface area contributed by atoms with Crippen LogP contribution in [0.1, 0.15) is 90.4 Å². The minimum Gasteiger partial charge on any atom is -0.364 e. The van der Waals surface area contributed by atoms with Crippen molar-refractivity contribution in [2.45, 2.75) is 95.9 Å². The third-order valence-corrected chi connectivity index (χ3v) is 5.40. The van der Waals surface area contributed by atoms with Crippen LogP contribution in [-0.2, 0) is 9.47 Å². The molecule has 3 nitrogen and oxygen atoms in total. The molecule has 0 saturated carbocycles. The van der Waals surface area contributed by atoms with Crippen LogP contribution < -0.4 is 0 Å². The van der Waals surface area contributed by atoms with E-state index in [4.69, 9.17) is 9.47 Å². The Hall–Kier alpha value is -0.120. The summed E-state index contributed by atoms with van der Waals surface area (Å²) in [6.07, 6.45) is 18.3. The van der Waals surface area contributed by atoms with Crippen molar-refractivity contribution in [1.82, 2.24) is 4.90 Å². The third kappa shape index (κ3) is 5.82. The van der Waals surface area contributed by atoms with Gasteiger partial charge in [-0.15, -0.1) is 0 Å². The van der Waals surface area contributed by atoms with E-state index >= 15 is 0 Å². The minimum atomic E-state index is 0.235. The van der Waals surface area contributed by atoms with Crippen molar-refractivity contribution in [3.05, 3.63) is 0 Å². The molecule has 3 heteroatoms. The van der Waals surface area contributed by atoms with Crippen LogP contribution in [0.15, 0.2) is 0 Å². The van der Waals surface area contributed by atoms with Gasteiger partial charge in [0.1, 0.15) is 13.5 Å². The van der Waals surface area contributed by atoms with Crippen molar-refractivity contribution in [2.75, 3.05) is 26.7 Å². The molecule has 0 aromatic heterocycles. The van der Waals surface area contributed by atoms with Crippen LogP contribution >= 0.6 is 0 Å². The molecule has 130 valence electrons. The van der Waals surface area contributed by atoms with E-state index in [1.807, 2.05) is 0 Å². The van der Waals surface area contributed by atoms with Crippen LogP contribution in [0.2, 0.25) is 0 Å². The average Bonchev–Trinajstić information content (AvgIpc) is 3.08. The van der Waals surface area contributed by atoms with Crippen molar-refractivity contribution in [3.63, 3.8) is 0 Å². The molecule has 2 saturated heterocycles. The zero-order valence-electron chi connectivity index (χ0n) is 14.8. The number of hydrogen-bond acceptors (Lipinski definition) is 3. The van der Waals surface area contributed by atoms with Gasteiger partial charge in [-0.3, -0.25) is 0 Å². The highest BCUT2D eigenvalue weighted by molar-refractivity contribution is 4.95. The van der Waals surface area contributed by atoms with E-state index in [9.17, 15) is 0 Å². The molecule has 0 N–H and O–H groups in total. The van der Waals surface area contributed by atoms with Crippen LogP contribution in [0.25, 0.3) is 0 Å². The van der Waals surface area contributed by atoms with Gasteiger partial charge in [0.15, 0.2) is 0 Å². The lowest BCUT2D eigenvalue weighted by Gasteiger charge is -2.27. The molecule has 0 spiro atoms. The molecule has 0 radical (unpaired) electrons. The second-order valence-corrected chi connectivity index (χ2v) is 7.36. The van der Waals surface area contributed by atoms with Gasteiger partial charge in [-0.2, -0.15) is 0 Å². The average molecular weight is 312 g/mol. The Balaban J connectivity index is 1.36. The molecule has 2 rings (SSSR count). The number of rotatable bonds is 13. The summed E-state index contributed by atoms with van der Waals surface area (Å²) in [7, 11) is 0. The molecule has 0 aromatic carbocycles. The smallest absolute Gasteiger partial charge is 0.101 e. The van der Waals surface area contributed by atoms with E-state index in [1.54, 1.807) is 0 Å². The molecule has 2 fully saturated rings. The van der Waals surface area contributed by atoms with E-state index < -0.39 is 0 Å². The molecule has 0 atom stereocenters. The van der Waals surface area contributed by atoms with Gasteiger partial charge >= 0.3 is 0 Å². The highest BCUT2D eigenvalue weighted by atomic mass is 16.6. The van der Waals surface area contributed by atoms with Crippen LogP contribution in [0.5, 0.6) is 0 Å². The Bertz CT molecular complexity index is 273.